The third kappa shape index (κ3) is 2.02. The lowest BCUT2D eigenvalue weighted by Crippen LogP contribution is -2.13. The molecule has 0 bridgehead atoms. The predicted molar refractivity (Wildman–Crippen MR) is 55.2 cm³/mol. The number of hydrogen-bond donors (Lipinski definition) is 0. The van der Waals surface area contributed by atoms with Gasteiger partial charge in [0.05, 0.1) is 0 Å². The van der Waals surface area contributed by atoms with Crippen molar-refractivity contribution < 1.29 is 0 Å². The maximum absolute atomic E-state index is 2.38. The molecule has 0 heteroatoms. The largest absolute Gasteiger partial charge is 0.0654 e. The summed E-state index contributed by atoms with van der Waals surface area (Å²) >= 11 is 0. The average molecular weight is 168 g/mol. The van der Waals surface area contributed by atoms with Gasteiger partial charge in [-0.15, -0.1) is 0 Å². The summed E-state index contributed by atoms with van der Waals surface area (Å²) in [7, 11) is 0. The Morgan fingerprint density at radius 2 is 1.58 bits per heavy atom. The molecule has 0 amide bonds. The molecule has 0 aliphatic heterocycles. The van der Waals surface area contributed by atoms with Gasteiger partial charge in [-0.3, -0.25) is 0 Å². The van der Waals surface area contributed by atoms with Crippen LogP contribution >= 0.6 is 0 Å². The molecular formula is C12H24. The molecule has 0 aromatic heterocycles. The zero-order chi connectivity index (χ0) is 8.97. The molecule has 0 aromatic carbocycles. The van der Waals surface area contributed by atoms with Gasteiger partial charge in [-0.1, -0.05) is 46.5 Å². The van der Waals surface area contributed by atoms with Gasteiger partial charge in [0.25, 0.3) is 0 Å². The molecule has 12 heavy (non-hydrogen) atoms. The van der Waals surface area contributed by atoms with Crippen molar-refractivity contribution >= 4 is 0 Å². The summed E-state index contributed by atoms with van der Waals surface area (Å²) < 4.78 is 0. The fourth-order valence-electron chi connectivity index (χ4n) is 3.14. The van der Waals surface area contributed by atoms with Gasteiger partial charge in [0.2, 0.25) is 0 Å². The summed E-state index contributed by atoms with van der Waals surface area (Å²) in [5.74, 6) is 3.20. The van der Waals surface area contributed by atoms with Crippen LogP contribution in [0.5, 0.6) is 0 Å². The van der Waals surface area contributed by atoms with E-state index in [-0.39, 0.29) is 0 Å². The van der Waals surface area contributed by atoms with Crippen molar-refractivity contribution in [1.29, 1.82) is 0 Å². The van der Waals surface area contributed by atoms with E-state index >= 15 is 0 Å². The van der Waals surface area contributed by atoms with Crippen LogP contribution in [0.1, 0.15) is 59.3 Å². The highest BCUT2D eigenvalue weighted by atomic mass is 14.4. The van der Waals surface area contributed by atoms with E-state index in [1.54, 1.807) is 0 Å². The van der Waals surface area contributed by atoms with Crippen molar-refractivity contribution in [2.45, 2.75) is 59.3 Å². The van der Waals surface area contributed by atoms with Gasteiger partial charge in [0.1, 0.15) is 0 Å². The molecule has 1 fully saturated rings. The molecule has 0 spiro atoms. The number of hydrogen-bond acceptors (Lipinski definition) is 0. The normalized spacial score (nSPS) is 35.8. The summed E-state index contributed by atoms with van der Waals surface area (Å²) in [5, 5.41) is 0. The van der Waals surface area contributed by atoms with Crippen LogP contribution in [0.25, 0.3) is 0 Å². The van der Waals surface area contributed by atoms with Crippen LogP contribution in [0.3, 0.4) is 0 Å². The Balaban J connectivity index is 2.44. The van der Waals surface area contributed by atoms with Crippen molar-refractivity contribution in [1.82, 2.24) is 0 Å². The molecule has 1 saturated carbocycles. The van der Waals surface area contributed by atoms with Gasteiger partial charge in [-0.2, -0.15) is 0 Å². The summed E-state index contributed by atoms with van der Waals surface area (Å²) in [5.41, 5.74) is 0. The molecule has 1 aliphatic carbocycles. The Bertz CT molecular complexity index is 117. The molecule has 0 heterocycles. The molecule has 1 unspecified atom stereocenters. The fraction of sp³-hybridized carbons (Fsp3) is 1.00. The van der Waals surface area contributed by atoms with Gasteiger partial charge < -0.3 is 0 Å². The maximum Gasteiger partial charge on any atom is -0.0360 e. The molecule has 0 aromatic rings. The van der Waals surface area contributed by atoms with Crippen molar-refractivity contribution in [2.75, 3.05) is 0 Å². The van der Waals surface area contributed by atoms with E-state index in [9.17, 15) is 0 Å². The van der Waals surface area contributed by atoms with E-state index in [1.165, 1.54) is 38.5 Å². The van der Waals surface area contributed by atoms with Crippen molar-refractivity contribution in [3.63, 3.8) is 0 Å². The summed E-state index contributed by atoms with van der Waals surface area (Å²) in [6.07, 6.45) is 8.74. The third-order valence-electron chi connectivity index (χ3n) is 3.77. The molecule has 3 atom stereocenters. The molecule has 72 valence electrons. The second-order valence-corrected chi connectivity index (χ2v) is 4.37. The standard InChI is InChI=1S/C12H24/c1-4-7-11-9-8-10(5-2)12(11)6-3/h10-12H,4-9H2,1-3H3/t10-,11+,12?/m1/s1. The van der Waals surface area contributed by atoms with E-state index in [0.717, 1.165) is 17.8 Å². The van der Waals surface area contributed by atoms with E-state index < -0.39 is 0 Å². The average Bonchev–Trinajstić information content (AvgIpc) is 2.47. The molecule has 0 N–H and O–H groups in total. The van der Waals surface area contributed by atoms with E-state index in [2.05, 4.69) is 20.8 Å². The minimum Gasteiger partial charge on any atom is -0.0654 e. The quantitative estimate of drug-likeness (QED) is 0.588. The van der Waals surface area contributed by atoms with Crippen molar-refractivity contribution in [3.05, 3.63) is 0 Å². The van der Waals surface area contributed by atoms with Crippen LogP contribution in [0.15, 0.2) is 0 Å². The van der Waals surface area contributed by atoms with E-state index in [1.807, 2.05) is 0 Å². The topological polar surface area (TPSA) is 0 Å². The molecule has 0 nitrogen and oxygen atoms in total. The lowest BCUT2D eigenvalue weighted by molar-refractivity contribution is 0.281. The zero-order valence-electron chi connectivity index (χ0n) is 8.97. The second-order valence-electron chi connectivity index (χ2n) is 4.37. The van der Waals surface area contributed by atoms with Crippen LogP contribution in [0.4, 0.5) is 0 Å². The third-order valence-corrected chi connectivity index (χ3v) is 3.77. The molecule has 0 saturated heterocycles. The zero-order valence-corrected chi connectivity index (χ0v) is 8.97. The van der Waals surface area contributed by atoms with Crippen molar-refractivity contribution in [2.24, 2.45) is 17.8 Å². The van der Waals surface area contributed by atoms with Crippen LogP contribution in [-0.4, -0.2) is 0 Å². The highest BCUT2D eigenvalue weighted by Gasteiger charge is 2.32. The van der Waals surface area contributed by atoms with Crippen LogP contribution in [0.2, 0.25) is 0 Å². The fourth-order valence-corrected chi connectivity index (χ4v) is 3.14. The Morgan fingerprint density at radius 3 is 2.08 bits per heavy atom. The van der Waals surface area contributed by atoms with Crippen molar-refractivity contribution in [3.8, 4) is 0 Å². The lowest BCUT2D eigenvalue weighted by atomic mass is 9.84. The highest BCUT2D eigenvalue weighted by molar-refractivity contribution is 4.82. The molecular weight excluding hydrogens is 144 g/mol. The Hall–Kier alpha value is 0. The van der Waals surface area contributed by atoms with Gasteiger partial charge >= 0.3 is 0 Å². The predicted octanol–water partition coefficient (Wildman–Crippen LogP) is 4.25. The summed E-state index contributed by atoms with van der Waals surface area (Å²) in [6.45, 7) is 7.06. The van der Waals surface area contributed by atoms with E-state index in [4.69, 9.17) is 0 Å². The number of rotatable bonds is 4. The smallest absolute Gasteiger partial charge is 0.0360 e. The first kappa shape index (κ1) is 10.1. The monoisotopic (exact) mass is 168 g/mol. The summed E-state index contributed by atoms with van der Waals surface area (Å²) in [6, 6.07) is 0. The van der Waals surface area contributed by atoms with Gasteiger partial charge in [0, 0.05) is 0 Å². The SMILES string of the molecule is CCC[C@H]1CC[C@@H](CC)C1CC. The Labute approximate surface area is 77.7 Å². The molecule has 0 radical (unpaired) electrons. The molecule has 1 rings (SSSR count). The molecule has 1 aliphatic rings. The Morgan fingerprint density at radius 1 is 0.917 bits per heavy atom. The van der Waals surface area contributed by atoms with Gasteiger partial charge in [-0.05, 0) is 30.6 Å². The van der Waals surface area contributed by atoms with Gasteiger partial charge in [-0.25, -0.2) is 0 Å². The first-order valence-electron chi connectivity index (χ1n) is 5.83. The second kappa shape index (κ2) is 4.89. The van der Waals surface area contributed by atoms with Crippen LogP contribution < -0.4 is 0 Å². The highest BCUT2D eigenvalue weighted by Crippen LogP contribution is 2.42. The van der Waals surface area contributed by atoms with Crippen LogP contribution in [0, 0.1) is 17.8 Å². The maximum atomic E-state index is 2.38. The van der Waals surface area contributed by atoms with Crippen LogP contribution in [-0.2, 0) is 0 Å². The minimum atomic E-state index is 1.06. The minimum absolute atomic E-state index is 1.06. The first-order chi connectivity index (χ1) is 5.83. The Kier molecular flexibility index (Phi) is 4.11. The first-order valence-corrected chi connectivity index (χ1v) is 5.83. The van der Waals surface area contributed by atoms with E-state index in [0.29, 0.717) is 0 Å². The summed E-state index contributed by atoms with van der Waals surface area (Å²) in [4.78, 5) is 0. The van der Waals surface area contributed by atoms with Gasteiger partial charge in [0.15, 0.2) is 0 Å². The lowest BCUT2D eigenvalue weighted by Gasteiger charge is -2.22.